The Kier molecular flexibility index (Phi) is 2.80. The quantitative estimate of drug-likeness (QED) is 0.511. The fourth-order valence-corrected chi connectivity index (χ4v) is 0.569. The van der Waals surface area contributed by atoms with Crippen molar-refractivity contribution in [2.45, 2.75) is 0 Å². The molecule has 4 nitrogen and oxygen atoms in total. The van der Waals surface area contributed by atoms with E-state index >= 15 is 0 Å². The van der Waals surface area contributed by atoms with Crippen LogP contribution in [0, 0.1) is 0 Å². The van der Waals surface area contributed by atoms with Crippen molar-refractivity contribution in [3.05, 3.63) is 18.6 Å². The van der Waals surface area contributed by atoms with Gasteiger partial charge in [-0.1, -0.05) is 11.6 Å². The highest BCUT2D eigenvalue weighted by atomic mass is 35.5. The number of carbonyl (C=O) groups is 1. The average Bonchev–Trinajstić information content (AvgIpc) is 2.40. The van der Waals surface area contributed by atoms with Gasteiger partial charge in [-0.05, 0) is 0 Å². The molecule has 1 aromatic rings. The minimum Gasteiger partial charge on any atom is -0.469 e. The van der Waals surface area contributed by atoms with Crippen LogP contribution in [0.5, 0.6) is 5.75 Å². The number of halogens is 1. The molecular weight excluding hydrogens is 172 g/mol. The monoisotopic (exact) mass is 176 g/mol. The molecule has 0 saturated carbocycles. The van der Waals surface area contributed by atoms with E-state index in [-0.39, 0.29) is 6.07 Å². The van der Waals surface area contributed by atoms with Crippen molar-refractivity contribution in [1.29, 1.82) is 0 Å². The Bertz CT molecular complexity index is 218. The van der Waals surface area contributed by atoms with Crippen molar-refractivity contribution in [3.8, 4) is 5.75 Å². The lowest BCUT2D eigenvalue weighted by Crippen LogP contribution is -2.08. The van der Waals surface area contributed by atoms with Crippen LogP contribution in [0.1, 0.15) is 0 Å². The SMILES string of the molecule is O=C(OCCl)Oc1ccoc1. The molecule has 0 spiro atoms. The third-order valence-electron chi connectivity index (χ3n) is 0.869. The molecule has 1 rings (SSSR count). The van der Waals surface area contributed by atoms with Gasteiger partial charge in [0.25, 0.3) is 0 Å². The van der Waals surface area contributed by atoms with Crippen LogP contribution in [0.3, 0.4) is 0 Å². The van der Waals surface area contributed by atoms with Crippen molar-refractivity contribution in [1.82, 2.24) is 0 Å². The van der Waals surface area contributed by atoms with Gasteiger partial charge in [-0.3, -0.25) is 0 Å². The van der Waals surface area contributed by atoms with Gasteiger partial charge in [0.15, 0.2) is 11.8 Å². The van der Waals surface area contributed by atoms with E-state index in [0.717, 1.165) is 0 Å². The minimum atomic E-state index is -0.846. The highest BCUT2D eigenvalue weighted by molar-refractivity contribution is 6.17. The molecule has 1 heterocycles. The van der Waals surface area contributed by atoms with E-state index in [2.05, 4.69) is 13.9 Å². The third kappa shape index (κ3) is 2.51. The lowest BCUT2D eigenvalue weighted by Gasteiger charge is -1.98. The van der Waals surface area contributed by atoms with E-state index in [9.17, 15) is 4.79 Å². The highest BCUT2D eigenvalue weighted by Gasteiger charge is 2.04. The van der Waals surface area contributed by atoms with Crippen LogP contribution < -0.4 is 4.74 Å². The van der Waals surface area contributed by atoms with Gasteiger partial charge in [-0.2, -0.15) is 0 Å². The molecule has 11 heavy (non-hydrogen) atoms. The van der Waals surface area contributed by atoms with Crippen LogP contribution in [0.15, 0.2) is 23.0 Å². The molecule has 5 heteroatoms. The van der Waals surface area contributed by atoms with Crippen molar-refractivity contribution >= 4 is 17.8 Å². The summed E-state index contributed by atoms with van der Waals surface area (Å²) >= 11 is 5.09. The molecular formula is C6H5ClO4. The molecule has 0 aliphatic carbocycles. The highest BCUT2D eigenvalue weighted by Crippen LogP contribution is 2.10. The molecule has 0 N–H and O–H groups in total. The van der Waals surface area contributed by atoms with E-state index in [1.54, 1.807) is 0 Å². The zero-order valence-electron chi connectivity index (χ0n) is 5.45. The van der Waals surface area contributed by atoms with E-state index < -0.39 is 6.16 Å². The summed E-state index contributed by atoms with van der Waals surface area (Å²) in [6, 6.07) is 1.26. The molecule has 1 aromatic heterocycles. The predicted octanol–water partition coefficient (Wildman–Crippen LogP) is 1.99. The summed E-state index contributed by atoms with van der Waals surface area (Å²) < 4.78 is 13.5. The van der Waals surface area contributed by atoms with Crippen LogP contribution >= 0.6 is 11.6 Å². The Labute approximate surface area is 67.6 Å². The van der Waals surface area contributed by atoms with Gasteiger partial charge >= 0.3 is 6.16 Å². The fourth-order valence-electron chi connectivity index (χ4n) is 0.480. The normalized spacial score (nSPS) is 9.18. The van der Waals surface area contributed by atoms with Crippen molar-refractivity contribution in [2.24, 2.45) is 0 Å². The van der Waals surface area contributed by atoms with E-state index in [4.69, 9.17) is 11.6 Å². The number of ether oxygens (including phenoxy) is 2. The van der Waals surface area contributed by atoms with Crippen molar-refractivity contribution < 1.29 is 18.7 Å². The maximum absolute atomic E-state index is 10.5. The first-order valence-corrected chi connectivity index (χ1v) is 3.29. The maximum Gasteiger partial charge on any atom is 0.515 e. The van der Waals surface area contributed by atoms with Crippen molar-refractivity contribution in [3.63, 3.8) is 0 Å². The Hall–Kier alpha value is -1.16. The Morgan fingerprint density at radius 3 is 3.09 bits per heavy atom. The summed E-state index contributed by atoms with van der Waals surface area (Å²) in [5.41, 5.74) is 0. The maximum atomic E-state index is 10.5. The summed E-state index contributed by atoms with van der Waals surface area (Å²) in [4.78, 5) is 10.5. The first-order chi connectivity index (χ1) is 5.33. The number of hydrogen-bond acceptors (Lipinski definition) is 4. The smallest absolute Gasteiger partial charge is 0.469 e. The number of alkyl halides is 1. The zero-order chi connectivity index (χ0) is 8.10. The lowest BCUT2D eigenvalue weighted by molar-refractivity contribution is 0.115. The molecule has 0 aromatic carbocycles. The average molecular weight is 177 g/mol. The lowest BCUT2D eigenvalue weighted by atomic mass is 10.6. The van der Waals surface area contributed by atoms with Gasteiger partial charge in [0.05, 0.1) is 6.26 Å². The molecule has 0 bridgehead atoms. The van der Waals surface area contributed by atoms with E-state index in [1.807, 2.05) is 0 Å². The molecule has 0 radical (unpaired) electrons. The van der Waals surface area contributed by atoms with Gasteiger partial charge in [0.1, 0.15) is 6.26 Å². The summed E-state index contributed by atoms with van der Waals surface area (Å²) in [5.74, 6) is 0.292. The molecule has 0 amide bonds. The second kappa shape index (κ2) is 3.88. The molecule has 60 valence electrons. The van der Waals surface area contributed by atoms with Gasteiger partial charge in [-0.15, -0.1) is 0 Å². The molecule has 0 aliphatic heterocycles. The van der Waals surface area contributed by atoms with Gasteiger partial charge < -0.3 is 13.9 Å². The first-order valence-electron chi connectivity index (χ1n) is 2.75. The fraction of sp³-hybridized carbons (Fsp3) is 0.167. The van der Waals surface area contributed by atoms with Crippen LogP contribution in [-0.4, -0.2) is 12.2 Å². The molecule has 0 fully saturated rings. The second-order valence-electron chi connectivity index (χ2n) is 1.56. The Morgan fingerprint density at radius 1 is 1.73 bits per heavy atom. The third-order valence-corrected chi connectivity index (χ3v) is 0.978. The molecule has 0 saturated heterocycles. The number of hydrogen-bond donors (Lipinski definition) is 0. The predicted molar refractivity (Wildman–Crippen MR) is 36.5 cm³/mol. The topological polar surface area (TPSA) is 48.7 Å². The molecule has 0 unspecified atom stereocenters. The summed E-state index contributed by atoms with van der Waals surface area (Å²) in [6.45, 7) is 0. The molecule has 0 atom stereocenters. The first kappa shape index (κ1) is 7.94. The summed E-state index contributed by atoms with van der Waals surface area (Å²) in [6.07, 6.45) is 1.81. The zero-order valence-corrected chi connectivity index (χ0v) is 6.21. The van der Waals surface area contributed by atoms with Crippen LogP contribution in [-0.2, 0) is 4.74 Å². The van der Waals surface area contributed by atoms with Gasteiger partial charge in [0.2, 0.25) is 0 Å². The van der Waals surface area contributed by atoms with Crippen LogP contribution in [0.2, 0.25) is 0 Å². The molecule has 0 aliphatic rings. The van der Waals surface area contributed by atoms with Gasteiger partial charge in [0, 0.05) is 6.07 Å². The van der Waals surface area contributed by atoms with Crippen LogP contribution in [0.25, 0.3) is 0 Å². The Morgan fingerprint density at radius 2 is 2.55 bits per heavy atom. The second-order valence-corrected chi connectivity index (χ2v) is 1.78. The summed E-state index contributed by atoms with van der Waals surface area (Å²) in [7, 11) is 0. The number of rotatable bonds is 2. The minimum absolute atomic E-state index is 0.226. The summed E-state index contributed by atoms with van der Waals surface area (Å²) in [5, 5.41) is 0. The van der Waals surface area contributed by atoms with E-state index in [0.29, 0.717) is 5.75 Å². The Balaban J connectivity index is 2.37. The standard InChI is InChI=1S/C6H5ClO4/c7-4-10-6(8)11-5-1-2-9-3-5/h1-3H,4H2. The number of carbonyl (C=O) groups excluding carboxylic acids is 1. The van der Waals surface area contributed by atoms with E-state index in [1.165, 1.54) is 18.6 Å². The van der Waals surface area contributed by atoms with Crippen LogP contribution in [0.4, 0.5) is 4.79 Å². The largest absolute Gasteiger partial charge is 0.515 e. The van der Waals surface area contributed by atoms with Crippen molar-refractivity contribution in [2.75, 3.05) is 6.07 Å². The van der Waals surface area contributed by atoms with Gasteiger partial charge in [-0.25, -0.2) is 4.79 Å². The number of furan rings is 1.